The monoisotopic (exact) mass is 1160 g/mol. The Kier molecular flexibility index (Phi) is 14.4. The van der Waals surface area contributed by atoms with E-state index in [0.717, 1.165) is 87.4 Å². The van der Waals surface area contributed by atoms with Gasteiger partial charge in [-0.1, -0.05) is 186 Å². The van der Waals surface area contributed by atoms with Gasteiger partial charge in [-0.05, 0) is 80.7 Å². The number of benzene rings is 8. The molecular formula is C68H50BBrN10O4. The van der Waals surface area contributed by atoms with Crippen LogP contribution in [0, 0.1) is 0 Å². The van der Waals surface area contributed by atoms with Crippen LogP contribution in [0.25, 0.3) is 124 Å². The lowest BCUT2D eigenvalue weighted by molar-refractivity contribution is 0.00578. The Hall–Kier alpha value is -10.00. The standard InChI is InChI=1S/C31H19N5O.C27H26BN3O2.C10H5BrN2O/c1-3-8-20(9-4-1)28-34-29(21-10-5-2-6-11-21)36-30(35-28)24-13-7-12-22(18-24)23-14-15-26-25(19-23)27-31(37-26)33-17-16-32-27;1-26(2)27(3,4)33-28(32-26)22-17-11-16-21(18-22)25-30-23(19-12-7-5-8-13-19)29-24(31-25)20-14-9-6-10-15-20;11-6-1-2-8-7(5-6)9-10(14-8)13-4-3-12-9/h1-19H;5-18H,1-4H3;1-5H. The second kappa shape index (κ2) is 22.7. The van der Waals surface area contributed by atoms with Crippen LogP contribution in [0.5, 0.6) is 0 Å². The molecule has 1 saturated heterocycles. The molecule has 0 N–H and O–H groups in total. The molecule has 8 aromatic carbocycles. The number of furan rings is 2. The summed E-state index contributed by atoms with van der Waals surface area (Å²) < 4.78 is 24.9. The van der Waals surface area contributed by atoms with Crippen molar-refractivity contribution >= 4 is 72.9 Å². The maximum Gasteiger partial charge on any atom is 0.494 e. The molecule has 0 aliphatic carbocycles. The third-order valence-electron chi connectivity index (χ3n) is 14.7. The maximum atomic E-state index is 6.25. The quantitative estimate of drug-likeness (QED) is 0.131. The van der Waals surface area contributed by atoms with Crippen LogP contribution in [-0.2, 0) is 9.31 Å². The van der Waals surface area contributed by atoms with Gasteiger partial charge in [-0.3, -0.25) is 0 Å². The van der Waals surface area contributed by atoms with E-state index < -0.39 is 18.3 Å². The van der Waals surface area contributed by atoms with E-state index in [4.69, 9.17) is 48.0 Å². The number of hydrogen-bond donors (Lipinski definition) is 0. The van der Waals surface area contributed by atoms with E-state index in [0.29, 0.717) is 46.4 Å². The maximum absolute atomic E-state index is 6.25. The van der Waals surface area contributed by atoms with Gasteiger partial charge in [-0.15, -0.1) is 0 Å². The van der Waals surface area contributed by atoms with Crippen molar-refractivity contribution in [3.63, 3.8) is 0 Å². The van der Waals surface area contributed by atoms with Gasteiger partial charge in [-0.2, -0.15) is 0 Å². The highest BCUT2D eigenvalue weighted by atomic mass is 79.9. The summed E-state index contributed by atoms with van der Waals surface area (Å²) in [6.45, 7) is 8.23. The number of nitrogens with zero attached hydrogens (tertiary/aromatic N) is 10. The fourth-order valence-electron chi connectivity index (χ4n) is 9.65. The van der Waals surface area contributed by atoms with E-state index in [9.17, 15) is 0 Å². The Morgan fingerprint density at radius 1 is 0.333 bits per heavy atom. The third-order valence-corrected chi connectivity index (χ3v) is 15.2. The van der Waals surface area contributed by atoms with Gasteiger partial charge in [0.2, 0.25) is 11.4 Å². The molecule has 1 aliphatic rings. The Labute approximate surface area is 492 Å². The zero-order valence-corrected chi connectivity index (χ0v) is 47.6. The molecule has 1 fully saturated rings. The second-order valence-corrected chi connectivity index (χ2v) is 21.8. The van der Waals surface area contributed by atoms with Crippen molar-refractivity contribution in [2.24, 2.45) is 0 Å². The van der Waals surface area contributed by atoms with Crippen LogP contribution >= 0.6 is 15.9 Å². The normalized spacial score (nSPS) is 13.4. The lowest BCUT2D eigenvalue weighted by Gasteiger charge is -2.32. The molecule has 1 aliphatic heterocycles. The summed E-state index contributed by atoms with van der Waals surface area (Å²) in [5.41, 5.74) is 12.1. The molecular weight excluding hydrogens is 1110 g/mol. The highest BCUT2D eigenvalue weighted by Crippen LogP contribution is 2.38. The molecule has 0 spiro atoms. The highest BCUT2D eigenvalue weighted by Gasteiger charge is 2.51. The zero-order valence-electron chi connectivity index (χ0n) is 46.0. The molecule has 6 aromatic heterocycles. The topological polar surface area (TPSA) is 174 Å². The van der Waals surface area contributed by atoms with Gasteiger partial charge >= 0.3 is 7.12 Å². The van der Waals surface area contributed by atoms with Crippen LogP contribution in [0.15, 0.2) is 244 Å². The average Bonchev–Trinajstić information content (AvgIpc) is 3.52. The van der Waals surface area contributed by atoms with Gasteiger partial charge in [0.15, 0.2) is 34.9 Å². The van der Waals surface area contributed by atoms with E-state index in [1.165, 1.54) is 0 Å². The van der Waals surface area contributed by atoms with Crippen LogP contribution < -0.4 is 5.46 Å². The molecule has 0 atom stereocenters. The van der Waals surface area contributed by atoms with Crippen molar-refractivity contribution < 1.29 is 18.1 Å². The summed E-state index contributed by atoms with van der Waals surface area (Å²) in [7, 11) is -0.445. The first-order valence-electron chi connectivity index (χ1n) is 27.2. The van der Waals surface area contributed by atoms with Crippen LogP contribution in [-0.4, -0.2) is 68.2 Å². The van der Waals surface area contributed by atoms with Crippen molar-refractivity contribution in [2.75, 3.05) is 0 Å². The van der Waals surface area contributed by atoms with Crippen molar-refractivity contribution in [2.45, 2.75) is 38.9 Å². The molecule has 14 nitrogen and oxygen atoms in total. The first-order chi connectivity index (χ1) is 41.0. The minimum absolute atomic E-state index is 0.401. The molecule has 84 heavy (non-hydrogen) atoms. The van der Waals surface area contributed by atoms with Gasteiger partial charge in [-0.25, -0.2) is 49.8 Å². The van der Waals surface area contributed by atoms with Crippen molar-refractivity contribution in [3.8, 4) is 79.5 Å². The van der Waals surface area contributed by atoms with Crippen molar-refractivity contribution in [1.82, 2.24) is 49.8 Å². The summed E-state index contributed by atoms with van der Waals surface area (Å²) in [4.78, 5) is 46.0. The lowest BCUT2D eigenvalue weighted by atomic mass is 9.78. The lowest BCUT2D eigenvalue weighted by Crippen LogP contribution is -2.41. The fraction of sp³-hybridized carbons (Fsp3) is 0.0882. The molecule has 406 valence electrons. The smallest absolute Gasteiger partial charge is 0.436 e. The third kappa shape index (κ3) is 11.1. The Morgan fingerprint density at radius 2 is 0.690 bits per heavy atom. The molecule has 0 bridgehead atoms. The Bertz CT molecular complexity index is 4540. The largest absolute Gasteiger partial charge is 0.494 e. The van der Waals surface area contributed by atoms with Gasteiger partial charge in [0.05, 0.1) is 11.2 Å². The number of hydrogen-bond acceptors (Lipinski definition) is 14. The minimum atomic E-state index is -0.445. The average molecular weight is 1160 g/mol. The van der Waals surface area contributed by atoms with E-state index in [2.05, 4.69) is 81.8 Å². The van der Waals surface area contributed by atoms with Crippen LogP contribution in [0.4, 0.5) is 0 Å². The van der Waals surface area contributed by atoms with E-state index in [1.54, 1.807) is 24.8 Å². The van der Waals surface area contributed by atoms with Crippen LogP contribution in [0.3, 0.4) is 0 Å². The summed E-state index contributed by atoms with van der Waals surface area (Å²) in [6, 6.07) is 68.1. The first kappa shape index (κ1) is 53.3. The highest BCUT2D eigenvalue weighted by molar-refractivity contribution is 9.10. The number of aromatic nitrogens is 10. The number of fused-ring (bicyclic) bond motifs is 6. The van der Waals surface area contributed by atoms with E-state index >= 15 is 0 Å². The molecule has 16 heteroatoms. The van der Waals surface area contributed by atoms with Crippen molar-refractivity contribution in [1.29, 1.82) is 0 Å². The molecule has 0 amide bonds. The second-order valence-electron chi connectivity index (χ2n) is 20.8. The van der Waals surface area contributed by atoms with E-state index in [-0.39, 0.29) is 0 Å². The molecule has 15 rings (SSSR count). The van der Waals surface area contributed by atoms with Crippen molar-refractivity contribution in [3.05, 3.63) is 236 Å². The van der Waals surface area contributed by atoms with Gasteiger partial charge in [0, 0.05) is 73.4 Å². The Morgan fingerprint density at radius 3 is 1.15 bits per heavy atom. The minimum Gasteiger partial charge on any atom is -0.436 e. The molecule has 0 saturated carbocycles. The van der Waals surface area contributed by atoms with Gasteiger partial charge in [0.25, 0.3) is 0 Å². The zero-order chi connectivity index (χ0) is 57.2. The summed E-state index contributed by atoms with van der Waals surface area (Å²) in [6.07, 6.45) is 6.61. The molecule has 0 radical (unpaired) electrons. The molecule has 14 aromatic rings. The summed E-state index contributed by atoms with van der Waals surface area (Å²) in [5.74, 6) is 3.79. The van der Waals surface area contributed by atoms with Crippen LogP contribution in [0.2, 0.25) is 0 Å². The predicted octanol–water partition coefficient (Wildman–Crippen LogP) is 15.5. The predicted molar refractivity (Wildman–Crippen MR) is 333 cm³/mol. The summed E-state index contributed by atoms with van der Waals surface area (Å²) in [5, 5.41) is 1.92. The Balaban J connectivity index is 0.000000128. The van der Waals surface area contributed by atoms with E-state index in [1.807, 2.05) is 188 Å². The van der Waals surface area contributed by atoms with Crippen LogP contribution in [0.1, 0.15) is 27.7 Å². The number of halogens is 1. The molecule has 0 unspecified atom stereocenters. The number of rotatable bonds is 8. The fourth-order valence-corrected chi connectivity index (χ4v) is 10.0. The van der Waals surface area contributed by atoms with Gasteiger partial charge in [0.1, 0.15) is 22.2 Å². The van der Waals surface area contributed by atoms with Gasteiger partial charge < -0.3 is 18.1 Å². The molecule has 7 heterocycles. The SMILES string of the molecule is Brc1ccc2oc3nccnc3c2c1.CC1(C)OB(c2cccc(-c3nc(-c4ccccc4)nc(-c4ccccc4)n3)c2)OC1(C)C.c1ccc(-c2nc(-c3ccccc3)nc(-c3cccc(-c4ccc5oc6nccnc6c5c4)c3)n2)cc1. The first-order valence-corrected chi connectivity index (χ1v) is 28.0. The summed E-state index contributed by atoms with van der Waals surface area (Å²) >= 11 is 3.41.